The Labute approximate surface area is 127 Å². The predicted octanol–water partition coefficient (Wildman–Crippen LogP) is 1.08. The lowest BCUT2D eigenvalue weighted by molar-refractivity contribution is -0.160. The zero-order valence-electron chi connectivity index (χ0n) is 13.3. The molecule has 5 heteroatoms. The van der Waals surface area contributed by atoms with E-state index in [9.17, 15) is 9.59 Å². The minimum absolute atomic E-state index is 0.172. The van der Waals surface area contributed by atoms with Crippen molar-refractivity contribution in [2.75, 3.05) is 26.7 Å². The molecule has 3 aliphatic heterocycles. The number of piperazine rings is 1. The Hall–Kier alpha value is -1.10. The molecule has 3 atom stereocenters. The number of hydrogen-bond donors (Lipinski definition) is 0. The van der Waals surface area contributed by atoms with Crippen LogP contribution in [0.2, 0.25) is 0 Å². The van der Waals surface area contributed by atoms with E-state index >= 15 is 0 Å². The van der Waals surface area contributed by atoms with Gasteiger partial charge in [-0.3, -0.25) is 9.59 Å². The fraction of sp³-hybridized carbons (Fsp3) is 0.875. The van der Waals surface area contributed by atoms with E-state index in [-0.39, 0.29) is 23.9 Å². The van der Waals surface area contributed by atoms with Crippen LogP contribution in [0.3, 0.4) is 0 Å². The summed E-state index contributed by atoms with van der Waals surface area (Å²) in [5.41, 5.74) is 0. The molecule has 21 heavy (non-hydrogen) atoms. The van der Waals surface area contributed by atoms with Crippen LogP contribution in [0.25, 0.3) is 0 Å². The van der Waals surface area contributed by atoms with E-state index in [0.717, 1.165) is 45.3 Å². The molecule has 3 unspecified atom stereocenters. The monoisotopic (exact) mass is 293 g/mol. The molecule has 0 N–H and O–H groups in total. The van der Waals surface area contributed by atoms with Crippen LogP contribution in [0.4, 0.5) is 0 Å². The molecular weight excluding hydrogens is 266 g/mol. The highest BCUT2D eigenvalue weighted by Gasteiger charge is 2.47. The van der Waals surface area contributed by atoms with E-state index in [1.54, 1.807) is 0 Å². The number of amides is 2. The number of fused-ring (bicyclic) bond motifs is 1. The van der Waals surface area contributed by atoms with Crippen molar-refractivity contribution in [3.63, 3.8) is 0 Å². The number of carbonyl (C=O) groups excluding carboxylic acids is 2. The molecule has 0 spiro atoms. The third-order valence-corrected chi connectivity index (χ3v) is 5.48. The number of nitrogens with zero attached hydrogens (tertiary/aromatic N) is 3. The average molecular weight is 293 g/mol. The van der Waals surface area contributed by atoms with Crippen LogP contribution >= 0.6 is 0 Å². The van der Waals surface area contributed by atoms with Gasteiger partial charge in [0.15, 0.2) is 0 Å². The molecule has 3 rings (SSSR count). The largest absolute Gasteiger partial charge is 0.329 e. The second-order valence-corrected chi connectivity index (χ2v) is 6.73. The molecule has 0 aliphatic carbocycles. The fourth-order valence-corrected chi connectivity index (χ4v) is 4.17. The summed E-state index contributed by atoms with van der Waals surface area (Å²) in [5, 5.41) is 0. The summed E-state index contributed by atoms with van der Waals surface area (Å²) in [6.45, 7) is 4.61. The van der Waals surface area contributed by atoms with Gasteiger partial charge in [-0.05, 0) is 45.7 Å². The Balaban J connectivity index is 1.77. The Morgan fingerprint density at radius 1 is 1.05 bits per heavy atom. The van der Waals surface area contributed by atoms with Gasteiger partial charge in [0.05, 0.1) is 0 Å². The highest BCUT2D eigenvalue weighted by Crippen LogP contribution is 2.29. The van der Waals surface area contributed by atoms with Gasteiger partial charge in [0, 0.05) is 19.1 Å². The van der Waals surface area contributed by atoms with E-state index in [4.69, 9.17) is 0 Å². The molecule has 3 heterocycles. The first-order valence-electron chi connectivity index (χ1n) is 8.44. The lowest BCUT2D eigenvalue weighted by Gasteiger charge is -2.45. The topological polar surface area (TPSA) is 43.9 Å². The number of carbonyl (C=O) groups is 2. The number of likely N-dealkylation sites (N-methyl/N-ethyl adjacent to an activating group) is 1. The van der Waals surface area contributed by atoms with E-state index in [2.05, 4.69) is 11.9 Å². The van der Waals surface area contributed by atoms with Crippen LogP contribution in [0.15, 0.2) is 0 Å². The quantitative estimate of drug-likeness (QED) is 0.782. The van der Waals surface area contributed by atoms with Gasteiger partial charge in [-0.2, -0.15) is 0 Å². The molecule has 118 valence electrons. The van der Waals surface area contributed by atoms with Crippen molar-refractivity contribution in [2.24, 2.45) is 0 Å². The normalized spacial score (nSPS) is 34.5. The standard InChI is InChI=1S/C16H27N3O2/c1-3-13-15(20)18-10-6-8-14(18)16(21)19(13)11-12-7-4-5-9-17(12)2/h12-14H,3-11H2,1-2H3. The third kappa shape index (κ3) is 2.56. The lowest BCUT2D eigenvalue weighted by Crippen LogP contribution is -2.64. The molecule has 0 saturated carbocycles. The zero-order chi connectivity index (χ0) is 15.0. The maximum atomic E-state index is 12.8. The van der Waals surface area contributed by atoms with E-state index in [1.165, 1.54) is 12.8 Å². The summed E-state index contributed by atoms with van der Waals surface area (Å²) < 4.78 is 0. The lowest BCUT2D eigenvalue weighted by atomic mass is 9.98. The zero-order valence-corrected chi connectivity index (χ0v) is 13.3. The molecule has 2 amide bonds. The van der Waals surface area contributed by atoms with Crippen LogP contribution in [-0.2, 0) is 9.59 Å². The first-order valence-corrected chi connectivity index (χ1v) is 8.44. The van der Waals surface area contributed by atoms with Crippen molar-refractivity contribution in [2.45, 2.75) is 63.6 Å². The molecule has 0 aromatic carbocycles. The number of piperidine rings is 1. The molecule has 0 aromatic heterocycles. The molecule has 3 fully saturated rings. The van der Waals surface area contributed by atoms with E-state index < -0.39 is 0 Å². The highest BCUT2D eigenvalue weighted by molar-refractivity contribution is 5.97. The van der Waals surface area contributed by atoms with Crippen molar-refractivity contribution in [1.82, 2.24) is 14.7 Å². The smallest absolute Gasteiger partial charge is 0.246 e. The molecule has 3 saturated heterocycles. The molecule has 0 aromatic rings. The van der Waals surface area contributed by atoms with Crippen molar-refractivity contribution >= 4 is 11.8 Å². The SMILES string of the molecule is CCC1C(=O)N2CCCC2C(=O)N1CC1CCCCN1C. The molecule has 5 nitrogen and oxygen atoms in total. The summed E-state index contributed by atoms with van der Waals surface area (Å²) in [6, 6.07) is 0.00822. The van der Waals surface area contributed by atoms with Gasteiger partial charge < -0.3 is 14.7 Å². The highest BCUT2D eigenvalue weighted by atomic mass is 16.2. The Kier molecular flexibility index (Phi) is 4.20. The Morgan fingerprint density at radius 2 is 1.86 bits per heavy atom. The maximum absolute atomic E-state index is 12.8. The second-order valence-electron chi connectivity index (χ2n) is 6.73. The third-order valence-electron chi connectivity index (χ3n) is 5.48. The van der Waals surface area contributed by atoms with Gasteiger partial charge >= 0.3 is 0 Å². The van der Waals surface area contributed by atoms with Gasteiger partial charge in [-0.25, -0.2) is 0 Å². The summed E-state index contributed by atoms with van der Waals surface area (Å²) in [7, 11) is 2.14. The van der Waals surface area contributed by atoms with Crippen LogP contribution in [0, 0.1) is 0 Å². The van der Waals surface area contributed by atoms with Crippen molar-refractivity contribution < 1.29 is 9.59 Å². The molecule has 0 radical (unpaired) electrons. The predicted molar refractivity (Wildman–Crippen MR) is 80.8 cm³/mol. The Bertz CT molecular complexity index is 426. The second kappa shape index (κ2) is 5.95. The first-order chi connectivity index (χ1) is 10.1. The number of likely N-dealkylation sites (tertiary alicyclic amines) is 1. The van der Waals surface area contributed by atoms with Crippen molar-refractivity contribution in [1.29, 1.82) is 0 Å². The molecule has 3 aliphatic rings. The summed E-state index contributed by atoms with van der Waals surface area (Å²) in [6.07, 6.45) is 6.15. The minimum Gasteiger partial charge on any atom is -0.329 e. The van der Waals surface area contributed by atoms with E-state index in [1.807, 2.05) is 16.7 Å². The van der Waals surface area contributed by atoms with Crippen molar-refractivity contribution in [3.05, 3.63) is 0 Å². The summed E-state index contributed by atoms with van der Waals surface area (Å²) in [5.74, 6) is 0.371. The number of rotatable bonds is 3. The minimum atomic E-state index is -0.234. The van der Waals surface area contributed by atoms with Crippen LogP contribution in [0.1, 0.15) is 45.4 Å². The van der Waals surface area contributed by atoms with Crippen LogP contribution < -0.4 is 0 Å². The van der Waals surface area contributed by atoms with E-state index in [0.29, 0.717) is 6.04 Å². The van der Waals surface area contributed by atoms with Gasteiger partial charge in [-0.15, -0.1) is 0 Å². The van der Waals surface area contributed by atoms with Crippen LogP contribution in [-0.4, -0.2) is 71.3 Å². The average Bonchev–Trinajstić information content (AvgIpc) is 2.97. The summed E-state index contributed by atoms with van der Waals surface area (Å²) >= 11 is 0. The molecular formula is C16H27N3O2. The maximum Gasteiger partial charge on any atom is 0.246 e. The fourth-order valence-electron chi connectivity index (χ4n) is 4.17. The summed E-state index contributed by atoms with van der Waals surface area (Å²) in [4.78, 5) is 31.5. The van der Waals surface area contributed by atoms with Gasteiger partial charge in [0.1, 0.15) is 12.1 Å². The van der Waals surface area contributed by atoms with Gasteiger partial charge in [0.25, 0.3) is 0 Å². The van der Waals surface area contributed by atoms with Crippen LogP contribution in [0.5, 0.6) is 0 Å². The molecule has 0 bridgehead atoms. The van der Waals surface area contributed by atoms with Crippen molar-refractivity contribution in [3.8, 4) is 0 Å². The van der Waals surface area contributed by atoms with Gasteiger partial charge in [-0.1, -0.05) is 13.3 Å². The number of hydrogen-bond acceptors (Lipinski definition) is 3. The first kappa shape index (κ1) is 14.8. The Morgan fingerprint density at radius 3 is 2.57 bits per heavy atom. The van der Waals surface area contributed by atoms with Gasteiger partial charge in [0.2, 0.25) is 11.8 Å².